The van der Waals surface area contributed by atoms with Gasteiger partial charge in [-0.2, -0.15) is 0 Å². The molecule has 2 unspecified atom stereocenters. The Kier molecular flexibility index (Phi) is 5.96. The normalized spacial score (nSPS) is 19.9. The molecule has 2 nitrogen and oxygen atoms in total. The van der Waals surface area contributed by atoms with Gasteiger partial charge in [-0.15, -0.1) is 6.58 Å². The first-order chi connectivity index (χ1) is 7.29. The molecule has 0 radical (unpaired) electrons. The molecule has 0 saturated heterocycles. The number of unbranched alkanes of at least 4 members (excludes halogenated alkanes) is 3. The third-order valence-corrected chi connectivity index (χ3v) is 3.23. The summed E-state index contributed by atoms with van der Waals surface area (Å²) in [4.78, 5) is 0. The highest BCUT2D eigenvalue weighted by atomic mass is 16.5. The zero-order valence-corrected chi connectivity index (χ0v) is 9.95. The highest BCUT2D eigenvalue weighted by Crippen LogP contribution is 2.35. The summed E-state index contributed by atoms with van der Waals surface area (Å²) in [6.07, 6.45) is 10.9. The SMILES string of the molecule is C=CCCCCCC(N)C(OC)C1CC1. The van der Waals surface area contributed by atoms with E-state index in [9.17, 15) is 0 Å². The molecule has 2 N–H and O–H groups in total. The Balaban J connectivity index is 2.05. The van der Waals surface area contributed by atoms with Crippen molar-refractivity contribution in [2.24, 2.45) is 11.7 Å². The smallest absolute Gasteiger partial charge is 0.0750 e. The molecule has 0 aromatic heterocycles. The fraction of sp³-hybridized carbons (Fsp3) is 0.846. The number of hydrogen-bond donors (Lipinski definition) is 1. The maximum Gasteiger partial charge on any atom is 0.0750 e. The zero-order valence-electron chi connectivity index (χ0n) is 9.95. The van der Waals surface area contributed by atoms with Crippen molar-refractivity contribution in [3.63, 3.8) is 0 Å². The fourth-order valence-electron chi connectivity index (χ4n) is 2.15. The fourth-order valence-corrected chi connectivity index (χ4v) is 2.15. The van der Waals surface area contributed by atoms with Gasteiger partial charge in [0.05, 0.1) is 6.10 Å². The first-order valence-corrected chi connectivity index (χ1v) is 6.19. The van der Waals surface area contributed by atoms with E-state index in [1.54, 1.807) is 7.11 Å². The quantitative estimate of drug-likeness (QED) is 0.470. The first kappa shape index (κ1) is 12.7. The van der Waals surface area contributed by atoms with E-state index in [0.717, 1.165) is 18.8 Å². The van der Waals surface area contributed by atoms with Crippen LogP contribution in [0.25, 0.3) is 0 Å². The van der Waals surface area contributed by atoms with Crippen LogP contribution in [0.1, 0.15) is 44.9 Å². The highest BCUT2D eigenvalue weighted by Gasteiger charge is 2.34. The number of rotatable bonds is 9. The van der Waals surface area contributed by atoms with Crippen LogP contribution >= 0.6 is 0 Å². The minimum absolute atomic E-state index is 0.242. The van der Waals surface area contributed by atoms with Crippen LogP contribution in [0.5, 0.6) is 0 Å². The van der Waals surface area contributed by atoms with Gasteiger partial charge in [0, 0.05) is 13.2 Å². The predicted octanol–water partition coefficient (Wildman–Crippen LogP) is 2.88. The lowest BCUT2D eigenvalue weighted by Gasteiger charge is -2.22. The number of nitrogens with two attached hydrogens (primary N) is 1. The Bertz CT molecular complexity index is 177. The Morgan fingerprint density at radius 3 is 2.67 bits per heavy atom. The van der Waals surface area contributed by atoms with E-state index < -0.39 is 0 Å². The molecule has 1 aliphatic carbocycles. The van der Waals surface area contributed by atoms with Crippen LogP contribution in [-0.4, -0.2) is 19.3 Å². The molecule has 1 rings (SSSR count). The van der Waals surface area contributed by atoms with Gasteiger partial charge in [0.15, 0.2) is 0 Å². The second kappa shape index (κ2) is 7.02. The molecule has 15 heavy (non-hydrogen) atoms. The van der Waals surface area contributed by atoms with Crippen LogP contribution < -0.4 is 5.73 Å². The average molecular weight is 211 g/mol. The maximum absolute atomic E-state index is 6.14. The van der Waals surface area contributed by atoms with Crippen LogP contribution in [-0.2, 0) is 4.74 Å². The van der Waals surface area contributed by atoms with Gasteiger partial charge in [-0.25, -0.2) is 0 Å². The molecule has 1 aliphatic rings. The topological polar surface area (TPSA) is 35.2 Å². The standard InChI is InChI=1S/C13H25NO/c1-3-4-5-6-7-8-12(14)13(15-2)11-9-10-11/h3,11-13H,1,4-10,14H2,2H3. The van der Waals surface area contributed by atoms with Crippen molar-refractivity contribution in [2.75, 3.05) is 7.11 Å². The Morgan fingerprint density at radius 1 is 1.40 bits per heavy atom. The highest BCUT2D eigenvalue weighted by molar-refractivity contribution is 4.88. The molecule has 88 valence electrons. The summed E-state index contributed by atoms with van der Waals surface area (Å²) in [6, 6.07) is 0.242. The van der Waals surface area contributed by atoms with Gasteiger partial charge in [0.2, 0.25) is 0 Å². The first-order valence-electron chi connectivity index (χ1n) is 6.19. The van der Waals surface area contributed by atoms with Crippen molar-refractivity contribution in [3.8, 4) is 0 Å². The average Bonchev–Trinajstić information content (AvgIpc) is 3.03. The Labute approximate surface area is 93.9 Å². The summed E-state index contributed by atoms with van der Waals surface area (Å²) in [6.45, 7) is 3.72. The second-order valence-electron chi connectivity index (χ2n) is 4.63. The van der Waals surface area contributed by atoms with E-state index >= 15 is 0 Å². The van der Waals surface area contributed by atoms with Crippen molar-refractivity contribution in [1.82, 2.24) is 0 Å². The van der Waals surface area contributed by atoms with Gasteiger partial charge in [-0.3, -0.25) is 0 Å². The van der Waals surface area contributed by atoms with Gasteiger partial charge >= 0.3 is 0 Å². The van der Waals surface area contributed by atoms with Gasteiger partial charge in [0.25, 0.3) is 0 Å². The molecule has 2 atom stereocenters. The molecule has 0 aliphatic heterocycles. The largest absolute Gasteiger partial charge is 0.380 e. The number of ether oxygens (including phenoxy) is 1. The lowest BCUT2D eigenvalue weighted by atomic mass is 10.0. The van der Waals surface area contributed by atoms with E-state index in [0.29, 0.717) is 6.10 Å². The molecule has 1 saturated carbocycles. The van der Waals surface area contributed by atoms with E-state index in [1.807, 2.05) is 6.08 Å². The lowest BCUT2D eigenvalue weighted by Crippen LogP contribution is -2.37. The van der Waals surface area contributed by atoms with Crippen LogP contribution in [0.15, 0.2) is 12.7 Å². The Morgan fingerprint density at radius 2 is 2.13 bits per heavy atom. The molecule has 0 amide bonds. The van der Waals surface area contributed by atoms with Crippen LogP contribution in [0, 0.1) is 5.92 Å². The summed E-state index contributed by atoms with van der Waals surface area (Å²) in [7, 11) is 1.79. The van der Waals surface area contributed by atoms with Crippen molar-refractivity contribution in [3.05, 3.63) is 12.7 Å². The third-order valence-electron chi connectivity index (χ3n) is 3.23. The lowest BCUT2D eigenvalue weighted by molar-refractivity contribution is 0.0595. The second-order valence-corrected chi connectivity index (χ2v) is 4.63. The van der Waals surface area contributed by atoms with Crippen LogP contribution in [0.2, 0.25) is 0 Å². The van der Waals surface area contributed by atoms with E-state index in [4.69, 9.17) is 10.5 Å². The van der Waals surface area contributed by atoms with E-state index in [1.165, 1.54) is 32.1 Å². The molecule has 0 aromatic rings. The summed E-state index contributed by atoms with van der Waals surface area (Å²) >= 11 is 0. The van der Waals surface area contributed by atoms with Crippen molar-refractivity contribution in [2.45, 2.75) is 57.1 Å². The van der Waals surface area contributed by atoms with Crippen LogP contribution in [0.4, 0.5) is 0 Å². The molecule has 0 aromatic carbocycles. The van der Waals surface area contributed by atoms with Crippen molar-refractivity contribution in [1.29, 1.82) is 0 Å². The zero-order chi connectivity index (χ0) is 11.1. The minimum Gasteiger partial charge on any atom is -0.380 e. The number of hydrogen-bond acceptors (Lipinski definition) is 2. The molecule has 1 fully saturated rings. The molecule has 0 heterocycles. The predicted molar refractivity (Wildman–Crippen MR) is 64.8 cm³/mol. The summed E-state index contributed by atoms with van der Waals surface area (Å²) in [5.74, 6) is 0.748. The van der Waals surface area contributed by atoms with E-state index in [-0.39, 0.29) is 6.04 Å². The molecular formula is C13H25NO. The molecule has 2 heteroatoms. The Hall–Kier alpha value is -0.340. The van der Waals surface area contributed by atoms with Crippen molar-refractivity contribution < 1.29 is 4.74 Å². The maximum atomic E-state index is 6.14. The van der Waals surface area contributed by atoms with Gasteiger partial charge < -0.3 is 10.5 Å². The molecular weight excluding hydrogens is 186 g/mol. The van der Waals surface area contributed by atoms with Gasteiger partial charge in [0.1, 0.15) is 0 Å². The summed E-state index contributed by atoms with van der Waals surface area (Å²) in [5.41, 5.74) is 6.14. The minimum atomic E-state index is 0.242. The molecule has 0 spiro atoms. The van der Waals surface area contributed by atoms with E-state index in [2.05, 4.69) is 6.58 Å². The third kappa shape index (κ3) is 4.80. The van der Waals surface area contributed by atoms with Crippen LogP contribution in [0.3, 0.4) is 0 Å². The summed E-state index contributed by atoms with van der Waals surface area (Å²) < 4.78 is 5.47. The monoisotopic (exact) mass is 211 g/mol. The molecule has 0 bridgehead atoms. The number of allylic oxidation sites excluding steroid dienone is 1. The van der Waals surface area contributed by atoms with Gasteiger partial charge in [-0.1, -0.05) is 18.9 Å². The summed E-state index contributed by atoms with van der Waals surface area (Å²) in [5, 5.41) is 0. The van der Waals surface area contributed by atoms with Crippen molar-refractivity contribution >= 4 is 0 Å². The number of methoxy groups -OCH3 is 1. The van der Waals surface area contributed by atoms with Gasteiger partial charge in [-0.05, 0) is 38.0 Å².